The number of fused-ring (bicyclic) bond motifs is 1. The van der Waals surface area contributed by atoms with E-state index in [2.05, 4.69) is 17.1 Å². The van der Waals surface area contributed by atoms with Crippen LogP contribution in [-0.2, 0) is 14.2 Å². The molecule has 0 atom stereocenters. The van der Waals surface area contributed by atoms with Gasteiger partial charge in [0.1, 0.15) is 19.5 Å². The van der Waals surface area contributed by atoms with Crippen molar-refractivity contribution in [1.82, 2.24) is 4.98 Å². The van der Waals surface area contributed by atoms with Crippen LogP contribution in [-0.4, -0.2) is 78.3 Å². The van der Waals surface area contributed by atoms with Crippen molar-refractivity contribution in [3.63, 3.8) is 0 Å². The average molecular weight is 588 g/mol. The van der Waals surface area contributed by atoms with E-state index in [1.165, 1.54) is 7.11 Å². The molecule has 0 fully saturated rings. The minimum Gasteiger partial charge on any atom is -0.493 e. The summed E-state index contributed by atoms with van der Waals surface area (Å²) in [6.07, 6.45) is 6.60. The van der Waals surface area contributed by atoms with Crippen LogP contribution in [0.5, 0.6) is 23.0 Å². The van der Waals surface area contributed by atoms with Gasteiger partial charge in [-0.05, 0) is 53.4 Å². The lowest BCUT2D eigenvalue weighted by molar-refractivity contribution is 0.00479. The number of nitrogens with zero attached hydrogens (tertiary/aromatic N) is 1. The van der Waals surface area contributed by atoms with E-state index in [4.69, 9.17) is 33.2 Å². The van der Waals surface area contributed by atoms with E-state index in [1.54, 1.807) is 25.3 Å². The number of hydrogen-bond acceptors (Lipinski definition) is 9. The van der Waals surface area contributed by atoms with Gasteiger partial charge in [-0.15, -0.1) is 0 Å². The summed E-state index contributed by atoms with van der Waals surface area (Å²) in [4.78, 5) is 15.4. The standard InChI is InChI=1S/C34H37NO8/c1-37-33-23-26(7-10-30-29-6-4-3-5-28(29)13-14-35-30)8-11-31(33)42-21-19-40-17-15-39-16-18-41-20-22-43-32-12-9-27(25-36)24-34(32)38-2/h3-14,23-25H,15-22H2,1-2H3/b10-7+. The smallest absolute Gasteiger partial charge is 0.161 e. The molecule has 9 nitrogen and oxygen atoms in total. The lowest BCUT2D eigenvalue weighted by atomic mass is 10.1. The van der Waals surface area contributed by atoms with E-state index in [0.717, 1.165) is 28.3 Å². The maximum atomic E-state index is 10.9. The molecule has 0 aliphatic carbocycles. The van der Waals surface area contributed by atoms with E-state index >= 15 is 0 Å². The molecule has 1 aromatic heterocycles. The van der Waals surface area contributed by atoms with Gasteiger partial charge >= 0.3 is 0 Å². The van der Waals surface area contributed by atoms with Crippen LogP contribution in [0.4, 0.5) is 0 Å². The van der Waals surface area contributed by atoms with Crippen molar-refractivity contribution in [3.8, 4) is 23.0 Å². The number of aldehydes is 1. The Morgan fingerprint density at radius 3 is 1.77 bits per heavy atom. The van der Waals surface area contributed by atoms with Crippen molar-refractivity contribution in [2.45, 2.75) is 0 Å². The minimum absolute atomic E-state index is 0.354. The second kappa shape index (κ2) is 17.5. The molecule has 1 heterocycles. The van der Waals surface area contributed by atoms with Gasteiger partial charge in [0.2, 0.25) is 0 Å². The second-order valence-corrected chi connectivity index (χ2v) is 9.22. The first-order valence-electron chi connectivity index (χ1n) is 14.0. The molecule has 3 aromatic carbocycles. The highest BCUT2D eigenvalue weighted by Gasteiger charge is 2.07. The molecule has 0 unspecified atom stereocenters. The van der Waals surface area contributed by atoms with E-state index < -0.39 is 0 Å². The lowest BCUT2D eigenvalue weighted by Crippen LogP contribution is -2.14. The maximum Gasteiger partial charge on any atom is 0.161 e. The number of benzene rings is 3. The Hall–Kier alpha value is -4.44. The Balaban J connectivity index is 1.06. The molecule has 0 aliphatic heterocycles. The summed E-state index contributed by atoms with van der Waals surface area (Å²) in [5.74, 6) is 2.37. The van der Waals surface area contributed by atoms with Gasteiger partial charge in [0.05, 0.1) is 59.6 Å². The first-order chi connectivity index (χ1) is 21.2. The van der Waals surface area contributed by atoms with Gasteiger partial charge in [0.25, 0.3) is 0 Å². The van der Waals surface area contributed by atoms with Crippen LogP contribution in [0.2, 0.25) is 0 Å². The van der Waals surface area contributed by atoms with Crippen LogP contribution in [0.3, 0.4) is 0 Å². The Bertz CT molecular complexity index is 1470. The highest BCUT2D eigenvalue weighted by Crippen LogP contribution is 2.29. The molecule has 0 saturated heterocycles. The Morgan fingerprint density at radius 2 is 1.16 bits per heavy atom. The molecule has 0 spiro atoms. The monoisotopic (exact) mass is 587 g/mol. The zero-order valence-electron chi connectivity index (χ0n) is 24.5. The van der Waals surface area contributed by atoms with Crippen molar-refractivity contribution in [1.29, 1.82) is 0 Å². The predicted octanol–water partition coefficient (Wildman–Crippen LogP) is 5.74. The van der Waals surface area contributed by atoms with Gasteiger partial charge in [-0.25, -0.2) is 0 Å². The first kappa shape index (κ1) is 31.5. The van der Waals surface area contributed by atoms with Crippen LogP contribution < -0.4 is 18.9 Å². The van der Waals surface area contributed by atoms with Crippen molar-refractivity contribution >= 4 is 29.2 Å². The SMILES string of the molecule is COc1cc(C=O)ccc1OCCOCCOCCOCCOc1ccc(/C=C/c2nccc3ccccc23)cc1OC. The Morgan fingerprint density at radius 1 is 0.605 bits per heavy atom. The number of hydrogen-bond donors (Lipinski definition) is 0. The molecule has 226 valence electrons. The summed E-state index contributed by atoms with van der Waals surface area (Å²) in [6.45, 7) is 3.36. The maximum absolute atomic E-state index is 10.9. The molecular formula is C34H37NO8. The third-order valence-electron chi connectivity index (χ3n) is 6.36. The average Bonchev–Trinajstić information content (AvgIpc) is 3.06. The summed E-state index contributed by atoms with van der Waals surface area (Å²) < 4.78 is 39.0. The summed E-state index contributed by atoms with van der Waals surface area (Å²) in [7, 11) is 3.15. The van der Waals surface area contributed by atoms with Crippen LogP contribution in [0.1, 0.15) is 21.6 Å². The van der Waals surface area contributed by atoms with E-state index in [-0.39, 0.29) is 0 Å². The van der Waals surface area contributed by atoms with Gasteiger partial charge in [-0.2, -0.15) is 0 Å². The topological polar surface area (TPSA) is 94.6 Å². The molecule has 0 saturated carbocycles. The number of aromatic nitrogens is 1. The van der Waals surface area contributed by atoms with E-state index in [9.17, 15) is 4.79 Å². The van der Waals surface area contributed by atoms with Gasteiger partial charge in [-0.1, -0.05) is 36.4 Å². The number of carbonyl (C=O) groups is 1. The zero-order chi connectivity index (χ0) is 30.1. The van der Waals surface area contributed by atoms with Gasteiger partial charge in [0, 0.05) is 17.1 Å². The van der Waals surface area contributed by atoms with Crippen LogP contribution in [0.25, 0.3) is 22.9 Å². The van der Waals surface area contributed by atoms with Gasteiger partial charge in [0.15, 0.2) is 23.0 Å². The third-order valence-corrected chi connectivity index (χ3v) is 6.36. The van der Waals surface area contributed by atoms with Crippen LogP contribution >= 0.6 is 0 Å². The quantitative estimate of drug-likeness (QED) is 0.101. The zero-order valence-corrected chi connectivity index (χ0v) is 24.5. The minimum atomic E-state index is 0.354. The summed E-state index contributed by atoms with van der Waals surface area (Å²) in [5, 5.41) is 2.26. The molecule has 4 rings (SSSR count). The number of carbonyl (C=O) groups excluding carboxylic acids is 1. The second-order valence-electron chi connectivity index (χ2n) is 9.22. The molecule has 43 heavy (non-hydrogen) atoms. The van der Waals surface area contributed by atoms with Gasteiger partial charge < -0.3 is 33.2 Å². The molecular weight excluding hydrogens is 550 g/mol. The molecule has 0 bridgehead atoms. The summed E-state index contributed by atoms with van der Waals surface area (Å²) in [5.41, 5.74) is 2.42. The number of pyridine rings is 1. The van der Waals surface area contributed by atoms with E-state index in [1.807, 2.05) is 54.7 Å². The number of rotatable bonds is 19. The molecule has 0 amide bonds. The van der Waals surface area contributed by atoms with Crippen molar-refractivity contribution < 1.29 is 38.0 Å². The molecule has 9 heteroatoms. The van der Waals surface area contributed by atoms with Crippen molar-refractivity contribution in [2.75, 3.05) is 67.1 Å². The van der Waals surface area contributed by atoms with Crippen LogP contribution in [0.15, 0.2) is 72.9 Å². The number of methoxy groups -OCH3 is 2. The van der Waals surface area contributed by atoms with Crippen molar-refractivity contribution in [3.05, 3.63) is 89.7 Å². The first-order valence-corrected chi connectivity index (χ1v) is 14.0. The summed E-state index contributed by atoms with van der Waals surface area (Å²) in [6, 6.07) is 21.0. The Kier molecular flexibility index (Phi) is 12.8. The molecule has 4 aromatic rings. The van der Waals surface area contributed by atoms with Gasteiger partial charge in [-0.3, -0.25) is 9.78 Å². The molecule has 0 radical (unpaired) electrons. The highest BCUT2D eigenvalue weighted by molar-refractivity contribution is 5.91. The largest absolute Gasteiger partial charge is 0.493 e. The fourth-order valence-corrected chi connectivity index (χ4v) is 4.20. The highest BCUT2D eigenvalue weighted by atomic mass is 16.6. The summed E-state index contributed by atoms with van der Waals surface area (Å²) >= 11 is 0. The van der Waals surface area contributed by atoms with Crippen LogP contribution in [0, 0.1) is 0 Å². The lowest BCUT2D eigenvalue weighted by Gasteiger charge is -2.12. The predicted molar refractivity (Wildman–Crippen MR) is 165 cm³/mol. The fourth-order valence-electron chi connectivity index (χ4n) is 4.20. The van der Waals surface area contributed by atoms with E-state index in [0.29, 0.717) is 81.4 Å². The normalized spacial score (nSPS) is 11.1. The molecule has 0 aliphatic rings. The number of ether oxygens (including phenoxy) is 7. The fraction of sp³-hybridized carbons (Fsp3) is 0.294. The third kappa shape index (κ3) is 9.82. The Labute approximate surface area is 251 Å². The van der Waals surface area contributed by atoms with Crippen molar-refractivity contribution in [2.24, 2.45) is 0 Å². The molecule has 0 N–H and O–H groups in total.